The number of hydrogen-bond acceptors (Lipinski definition) is 4. The molecule has 0 spiro atoms. The van der Waals surface area contributed by atoms with Crippen LogP contribution in [-0.4, -0.2) is 21.6 Å². The zero-order chi connectivity index (χ0) is 15.8. The molecule has 0 unspecified atom stereocenters. The highest BCUT2D eigenvalue weighted by molar-refractivity contribution is 5.40. The lowest BCUT2D eigenvalue weighted by Crippen LogP contribution is -2.04. The predicted octanol–water partition coefficient (Wildman–Crippen LogP) is 3.66. The Balaban J connectivity index is 2.17. The van der Waals surface area contributed by atoms with Crippen molar-refractivity contribution in [2.45, 2.75) is 46.0 Å². The number of ether oxygens (including phenoxy) is 1. The molecule has 116 valence electrons. The van der Waals surface area contributed by atoms with Crippen LogP contribution in [0.15, 0.2) is 24.3 Å². The highest BCUT2D eigenvalue weighted by Crippen LogP contribution is 2.19. The third-order valence-electron chi connectivity index (χ3n) is 3.48. The Morgan fingerprint density at radius 2 is 1.86 bits per heavy atom. The Labute approximate surface area is 131 Å². The zero-order valence-corrected chi connectivity index (χ0v) is 13.2. The Kier molecular flexibility index (Phi) is 5.96. The monoisotopic (exact) mass is 298 g/mol. The molecule has 1 aromatic carbocycles. The van der Waals surface area contributed by atoms with Crippen molar-refractivity contribution in [3.05, 3.63) is 35.7 Å². The van der Waals surface area contributed by atoms with Crippen molar-refractivity contribution in [1.29, 1.82) is 5.26 Å². The summed E-state index contributed by atoms with van der Waals surface area (Å²) in [6.45, 7) is 5.00. The van der Waals surface area contributed by atoms with E-state index in [1.54, 1.807) is 4.68 Å². The number of unbranched alkanes of at least 4 members (excludes halogenated alkanes) is 2. The average Bonchev–Trinajstić information content (AvgIpc) is 2.96. The van der Waals surface area contributed by atoms with Gasteiger partial charge in [-0.05, 0) is 43.5 Å². The summed E-state index contributed by atoms with van der Waals surface area (Å²) >= 11 is 0. The maximum atomic E-state index is 9.16. The average molecular weight is 298 g/mol. The van der Waals surface area contributed by atoms with Crippen LogP contribution in [0, 0.1) is 11.3 Å². The second-order valence-corrected chi connectivity index (χ2v) is 5.21. The molecule has 0 saturated heterocycles. The predicted molar refractivity (Wildman–Crippen MR) is 85.1 cm³/mol. The molecule has 2 aromatic rings. The second kappa shape index (κ2) is 8.18. The SMILES string of the molecule is CCCCOc1ccc(-n2nnc(C#N)c2CCCC)cc1. The van der Waals surface area contributed by atoms with Crippen LogP contribution in [0.25, 0.3) is 5.69 Å². The van der Waals surface area contributed by atoms with Crippen LogP contribution in [-0.2, 0) is 6.42 Å². The number of nitriles is 1. The molecule has 0 amide bonds. The fourth-order valence-corrected chi connectivity index (χ4v) is 2.18. The van der Waals surface area contributed by atoms with Crippen LogP contribution in [0.3, 0.4) is 0 Å². The first-order chi connectivity index (χ1) is 10.8. The van der Waals surface area contributed by atoms with Crippen LogP contribution in [0.4, 0.5) is 0 Å². The van der Waals surface area contributed by atoms with Gasteiger partial charge in [0.15, 0.2) is 5.69 Å². The molecule has 0 saturated carbocycles. The van der Waals surface area contributed by atoms with Gasteiger partial charge in [-0.15, -0.1) is 5.10 Å². The van der Waals surface area contributed by atoms with E-state index in [4.69, 9.17) is 10.00 Å². The summed E-state index contributed by atoms with van der Waals surface area (Å²) in [5, 5.41) is 17.2. The molecular weight excluding hydrogens is 276 g/mol. The molecule has 1 heterocycles. The smallest absolute Gasteiger partial charge is 0.186 e. The molecule has 2 rings (SSSR count). The first kappa shape index (κ1) is 16.0. The van der Waals surface area contributed by atoms with E-state index < -0.39 is 0 Å². The topological polar surface area (TPSA) is 63.7 Å². The van der Waals surface area contributed by atoms with Crippen molar-refractivity contribution >= 4 is 0 Å². The number of rotatable bonds is 8. The minimum atomic E-state index is 0.414. The first-order valence-electron chi connectivity index (χ1n) is 7.88. The van der Waals surface area contributed by atoms with Crippen molar-refractivity contribution in [3.8, 4) is 17.5 Å². The number of aromatic nitrogens is 3. The van der Waals surface area contributed by atoms with E-state index in [0.29, 0.717) is 5.69 Å². The lowest BCUT2D eigenvalue weighted by atomic mass is 10.1. The third kappa shape index (κ3) is 3.85. The van der Waals surface area contributed by atoms with Crippen LogP contribution in [0.1, 0.15) is 50.9 Å². The molecule has 0 radical (unpaired) electrons. The fourth-order valence-electron chi connectivity index (χ4n) is 2.18. The van der Waals surface area contributed by atoms with E-state index >= 15 is 0 Å². The van der Waals surface area contributed by atoms with Crippen molar-refractivity contribution < 1.29 is 4.74 Å². The molecule has 5 nitrogen and oxygen atoms in total. The molecule has 1 aromatic heterocycles. The first-order valence-corrected chi connectivity index (χ1v) is 7.88. The van der Waals surface area contributed by atoms with Crippen LogP contribution in [0.2, 0.25) is 0 Å². The van der Waals surface area contributed by atoms with E-state index in [1.807, 2.05) is 24.3 Å². The standard InChI is InChI=1S/C17H22N4O/c1-3-5-7-17-16(13-18)19-20-21(17)14-8-10-15(11-9-14)22-12-6-4-2/h8-11H,3-7,12H2,1-2H3. The molecule has 0 aliphatic heterocycles. The van der Waals surface area contributed by atoms with Crippen LogP contribution >= 0.6 is 0 Å². The minimum absolute atomic E-state index is 0.414. The summed E-state index contributed by atoms with van der Waals surface area (Å²) in [5.74, 6) is 0.855. The van der Waals surface area contributed by atoms with Gasteiger partial charge in [-0.2, -0.15) is 5.26 Å². The van der Waals surface area contributed by atoms with Gasteiger partial charge in [-0.3, -0.25) is 0 Å². The number of nitrogens with zero attached hydrogens (tertiary/aromatic N) is 4. The molecule has 0 N–H and O–H groups in total. The molecular formula is C17H22N4O. The van der Waals surface area contributed by atoms with Gasteiger partial charge in [0.05, 0.1) is 18.0 Å². The Bertz CT molecular complexity index is 625. The zero-order valence-electron chi connectivity index (χ0n) is 13.2. The highest BCUT2D eigenvalue weighted by Gasteiger charge is 2.13. The Hall–Kier alpha value is -2.35. The summed E-state index contributed by atoms with van der Waals surface area (Å²) in [5.41, 5.74) is 2.20. The molecule has 22 heavy (non-hydrogen) atoms. The van der Waals surface area contributed by atoms with E-state index in [2.05, 4.69) is 30.2 Å². The van der Waals surface area contributed by atoms with E-state index in [0.717, 1.165) is 55.8 Å². The van der Waals surface area contributed by atoms with Gasteiger partial charge in [0.25, 0.3) is 0 Å². The van der Waals surface area contributed by atoms with Gasteiger partial charge < -0.3 is 4.74 Å². The van der Waals surface area contributed by atoms with Crippen LogP contribution in [0.5, 0.6) is 5.75 Å². The van der Waals surface area contributed by atoms with Gasteiger partial charge in [0.2, 0.25) is 0 Å². The molecule has 0 atom stereocenters. The fraction of sp³-hybridized carbons (Fsp3) is 0.471. The molecule has 0 fully saturated rings. The molecule has 0 aliphatic rings. The highest BCUT2D eigenvalue weighted by atomic mass is 16.5. The number of benzene rings is 1. The lowest BCUT2D eigenvalue weighted by Gasteiger charge is -2.08. The largest absolute Gasteiger partial charge is 0.494 e. The van der Waals surface area contributed by atoms with Gasteiger partial charge >= 0.3 is 0 Å². The normalized spacial score (nSPS) is 10.4. The number of hydrogen-bond donors (Lipinski definition) is 0. The Morgan fingerprint density at radius 1 is 1.14 bits per heavy atom. The van der Waals surface area contributed by atoms with E-state index in [-0.39, 0.29) is 0 Å². The maximum absolute atomic E-state index is 9.16. The van der Waals surface area contributed by atoms with E-state index in [9.17, 15) is 0 Å². The van der Waals surface area contributed by atoms with Gasteiger partial charge in [0.1, 0.15) is 11.8 Å². The summed E-state index contributed by atoms with van der Waals surface area (Å²) in [7, 11) is 0. The summed E-state index contributed by atoms with van der Waals surface area (Å²) in [6, 6.07) is 9.89. The quantitative estimate of drug-likeness (QED) is 0.698. The molecule has 0 aliphatic carbocycles. The van der Waals surface area contributed by atoms with Gasteiger partial charge in [0, 0.05) is 0 Å². The minimum Gasteiger partial charge on any atom is -0.494 e. The van der Waals surface area contributed by atoms with Gasteiger partial charge in [-0.1, -0.05) is 31.9 Å². The Morgan fingerprint density at radius 3 is 2.50 bits per heavy atom. The van der Waals surface area contributed by atoms with Crippen molar-refractivity contribution in [1.82, 2.24) is 15.0 Å². The summed E-state index contributed by atoms with van der Waals surface area (Å²) < 4.78 is 7.42. The van der Waals surface area contributed by atoms with Crippen molar-refractivity contribution in [2.24, 2.45) is 0 Å². The second-order valence-electron chi connectivity index (χ2n) is 5.21. The maximum Gasteiger partial charge on any atom is 0.186 e. The van der Waals surface area contributed by atoms with Crippen molar-refractivity contribution in [3.63, 3.8) is 0 Å². The lowest BCUT2D eigenvalue weighted by molar-refractivity contribution is 0.309. The third-order valence-corrected chi connectivity index (χ3v) is 3.48. The van der Waals surface area contributed by atoms with Crippen LogP contribution < -0.4 is 4.74 Å². The molecule has 0 bridgehead atoms. The summed E-state index contributed by atoms with van der Waals surface area (Å²) in [4.78, 5) is 0. The van der Waals surface area contributed by atoms with E-state index in [1.165, 1.54) is 0 Å². The van der Waals surface area contributed by atoms with Crippen molar-refractivity contribution in [2.75, 3.05) is 6.61 Å². The van der Waals surface area contributed by atoms with Gasteiger partial charge in [-0.25, -0.2) is 4.68 Å². The summed E-state index contributed by atoms with van der Waals surface area (Å²) in [6.07, 6.45) is 5.06. The molecule has 5 heteroatoms.